The van der Waals surface area contributed by atoms with Crippen LogP contribution in [0.2, 0.25) is 0 Å². The van der Waals surface area contributed by atoms with Crippen molar-refractivity contribution in [3.8, 4) is 0 Å². The molecule has 5 heteroatoms. The largest absolute Gasteiger partial charge is 0.371 e. The van der Waals surface area contributed by atoms with E-state index in [1.165, 1.54) is 0 Å². The highest BCUT2D eigenvalue weighted by Crippen LogP contribution is 2.24. The zero-order valence-corrected chi connectivity index (χ0v) is 12.6. The van der Waals surface area contributed by atoms with E-state index < -0.39 is 9.84 Å². The van der Waals surface area contributed by atoms with Crippen LogP contribution in [0, 0.1) is 0 Å². The first-order valence-electron chi connectivity index (χ1n) is 6.77. The van der Waals surface area contributed by atoms with Gasteiger partial charge in [0.15, 0.2) is 9.84 Å². The average Bonchev–Trinajstić information content (AvgIpc) is 2.47. The van der Waals surface area contributed by atoms with Crippen LogP contribution < -0.4 is 0 Å². The third-order valence-electron chi connectivity index (χ3n) is 3.65. The van der Waals surface area contributed by atoms with Gasteiger partial charge in [0.2, 0.25) is 0 Å². The van der Waals surface area contributed by atoms with Gasteiger partial charge in [-0.15, -0.1) is 0 Å². The molecule has 0 N–H and O–H groups in total. The van der Waals surface area contributed by atoms with Crippen molar-refractivity contribution in [1.29, 1.82) is 0 Å². The Morgan fingerprint density at radius 2 is 2.10 bits per heavy atom. The van der Waals surface area contributed by atoms with Crippen LogP contribution in [0.15, 0.2) is 42.3 Å². The van der Waals surface area contributed by atoms with Crippen molar-refractivity contribution in [3.63, 3.8) is 0 Å². The van der Waals surface area contributed by atoms with Gasteiger partial charge >= 0.3 is 0 Å². The van der Waals surface area contributed by atoms with E-state index in [2.05, 4.69) is 18.4 Å². The number of hydrogen-bond donors (Lipinski definition) is 0. The molecule has 1 fully saturated rings. The summed E-state index contributed by atoms with van der Waals surface area (Å²) in [5.74, 6) is 0.113. The van der Waals surface area contributed by atoms with Crippen LogP contribution in [-0.2, 0) is 14.6 Å². The lowest BCUT2D eigenvalue weighted by Crippen LogP contribution is -2.46. The normalized spacial score (nSPS) is 24.4. The van der Waals surface area contributed by atoms with Gasteiger partial charge in [-0.1, -0.05) is 36.9 Å². The maximum atomic E-state index is 11.5. The summed E-state index contributed by atoms with van der Waals surface area (Å²) in [7, 11) is -3.14. The molecule has 1 saturated heterocycles. The van der Waals surface area contributed by atoms with Crippen LogP contribution in [0.1, 0.15) is 18.6 Å². The second-order valence-corrected chi connectivity index (χ2v) is 7.18. The molecule has 1 aromatic rings. The van der Waals surface area contributed by atoms with Crippen LogP contribution in [0.25, 0.3) is 0 Å². The molecule has 2 atom stereocenters. The quantitative estimate of drug-likeness (QED) is 0.833. The van der Waals surface area contributed by atoms with Crippen LogP contribution in [-0.4, -0.2) is 44.8 Å². The molecule has 2 rings (SSSR count). The summed E-state index contributed by atoms with van der Waals surface area (Å²) >= 11 is 0. The fourth-order valence-corrected chi connectivity index (χ4v) is 2.97. The van der Waals surface area contributed by atoms with Crippen LogP contribution in [0.5, 0.6) is 0 Å². The Morgan fingerprint density at radius 1 is 1.40 bits per heavy atom. The Hall–Kier alpha value is -1.17. The zero-order chi connectivity index (χ0) is 14.6. The third-order valence-corrected chi connectivity index (χ3v) is 4.91. The van der Waals surface area contributed by atoms with Gasteiger partial charge in [-0.25, -0.2) is 8.42 Å². The lowest BCUT2D eigenvalue weighted by Gasteiger charge is -2.38. The van der Waals surface area contributed by atoms with Gasteiger partial charge in [0.25, 0.3) is 0 Å². The molecule has 1 aliphatic heterocycles. The zero-order valence-electron chi connectivity index (χ0n) is 11.7. The number of nitrogens with zero attached hydrogens (tertiary/aromatic N) is 1. The highest BCUT2D eigenvalue weighted by Gasteiger charge is 2.27. The molecule has 1 aromatic carbocycles. The number of ether oxygens (including phenoxy) is 1. The van der Waals surface area contributed by atoms with Gasteiger partial charge in [-0.05, 0) is 12.5 Å². The average molecular weight is 295 g/mol. The number of benzene rings is 1. The van der Waals surface area contributed by atoms with E-state index in [1.807, 2.05) is 30.3 Å². The van der Waals surface area contributed by atoms with Crippen LogP contribution in [0.3, 0.4) is 0 Å². The first-order valence-corrected chi connectivity index (χ1v) is 8.49. The molecule has 0 aromatic heterocycles. The van der Waals surface area contributed by atoms with Gasteiger partial charge in [-0.2, -0.15) is 0 Å². The number of hydrogen-bond acceptors (Lipinski definition) is 4. The minimum atomic E-state index is -3.14. The molecule has 4 nitrogen and oxygen atoms in total. The van der Waals surface area contributed by atoms with Gasteiger partial charge in [0, 0.05) is 24.5 Å². The maximum absolute atomic E-state index is 11.5. The Bertz CT molecular complexity index is 541. The van der Waals surface area contributed by atoms with E-state index in [0.29, 0.717) is 13.2 Å². The summed E-state index contributed by atoms with van der Waals surface area (Å²) in [6.45, 7) is 7.26. The summed E-state index contributed by atoms with van der Waals surface area (Å²) in [4.78, 5) is 2.17. The Labute approximate surface area is 121 Å². The van der Waals surface area contributed by atoms with Crippen molar-refractivity contribution in [1.82, 2.24) is 4.90 Å². The van der Waals surface area contributed by atoms with E-state index in [4.69, 9.17) is 4.74 Å². The molecule has 0 amide bonds. The second-order valence-electron chi connectivity index (χ2n) is 5.11. The molecule has 0 radical (unpaired) electrons. The minimum Gasteiger partial charge on any atom is -0.371 e. The Morgan fingerprint density at radius 3 is 2.75 bits per heavy atom. The lowest BCUT2D eigenvalue weighted by atomic mass is 10.1. The van der Waals surface area contributed by atoms with Crippen molar-refractivity contribution in [3.05, 3.63) is 47.9 Å². The minimum absolute atomic E-state index is 0.0128. The third kappa shape index (κ3) is 3.91. The first-order chi connectivity index (χ1) is 9.52. The fraction of sp³-hybridized carbons (Fsp3) is 0.467. The standard InChI is InChI=1S/C15H21NO3S/c1-3-20(17,18)10-9-16-11-15(19-12-13(16)2)14-7-5-4-6-8-14/h3-8,13,15H,1,9-12H2,2H3. The number of morpholine rings is 1. The van der Waals surface area contributed by atoms with Crippen molar-refractivity contribution in [2.75, 3.05) is 25.4 Å². The Kier molecular flexibility index (Phi) is 4.96. The van der Waals surface area contributed by atoms with Gasteiger partial charge in [0.1, 0.15) is 0 Å². The molecule has 0 bridgehead atoms. The van der Waals surface area contributed by atoms with Crippen molar-refractivity contribution < 1.29 is 13.2 Å². The molecule has 2 unspecified atom stereocenters. The number of rotatable bonds is 5. The van der Waals surface area contributed by atoms with Crippen molar-refractivity contribution in [2.45, 2.75) is 19.1 Å². The highest BCUT2D eigenvalue weighted by atomic mass is 32.2. The second kappa shape index (κ2) is 6.52. The predicted molar refractivity (Wildman–Crippen MR) is 80.2 cm³/mol. The first kappa shape index (κ1) is 15.2. The van der Waals surface area contributed by atoms with Crippen LogP contribution in [0.4, 0.5) is 0 Å². The monoisotopic (exact) mass is 295 g/mol. The van der Waals surface area contributed by atoms with Gasteiger partial charge in [0.05, 0.1) is 18.5 Å². The molecular formula is C15H21NO3S. The topological polar surface area (TPSA) is 46.6 Å². The van der Waals surface area contributed by atoms with E-state index in [9.17, 15) is 8.42 Å². The smallest absolute Gasteiger partial charge is 0.172 e. The number of sulfone groups is 1. The SMILES string of the molecule is C=CS(=O)(=O)CCN1CC(c2ccccc2)OCC1C. The predicted octanol–water partition coefficient (Wildman–Crippen LogP) is 2.01. The highest BCUT2D eigenvalue weighted by molar-refractivity contribution is 7.94. The van der Waals surface area contributed by atoms with E-state index in [-0.39, 0.29) is 17.9 Å². The summed E-state index contributed by atoms with van der Waals surface area (Å²) in [5.41, 5.74) is 1.14. The molecule has 1 heterocycles. The van der Waals surface area contributed by atoms with Crippen LogP contribution >= 0.6 is 0 Å². The van der Waals surface area contributed by atoms with Crippen molar-refractivity contribution in [2.24, 2.45) is 0 Å². The van der Waals surface area contributed by atoms with E-state index >= 15 is 0 Å². The summed E-state index contributed by atoms with van der Waals surface area (Å²) in [6.07, 6.45) is 0.0128. The fourth-order valence-electron chi connectivity index (χ4n) is 2.32. The maximum Gasteiger partial charge on any atom is 0.172 e. The molecule has 110 valence electrons. The van der Waals surface area contributed by atoms with Crippen molar-refractivity contribution >= 4 is 9.84 Å². The van der Waals surface area contributed by atoms with E-state index in [0.717, 1.165) is 17.5 Å². The molecule has 0 aliphatic carbocycles. The molecule has 20 heavy (non-hydrogen) atoms. The summed E-state index contributed by atoms with van der Waals surface area (Å²) in [5, 5.41) is 1.03. The van der Waals surface area contributed by atoms with Gasteiger partial charge in [-0.3, -0.25) is 4.90 Å². The van der Waals surface area contributed by atoms with E-state index in [1.54, 1.807) is 0 Å². The lowest BCUT2D eigenvalue weighted by molar-refractivity contribution is -0.0577. The summed E-state index contributed by atoms with van der Waals surface area (Å²) in [6, 6.07) is 10.3. The molecular weight excluding hydrogens is 274 g/mol. The summed E-state index contributed by atoms with van der Waals surface area (Å²) < 4.78 is 28.9. The molecule has 0 spiro atoms. The van der Waals surface area contributed by atoms with Gasteiger partial charge < -0.3 is 4.74 Å². The Balaban J connectivity index is 2.00. The molecule has 0 saturated carbocycles. The molecule has 1 aliphatic rings.